The van der Waals surface area contributed by atoms with E-state index in [1.807, 2.05) is 6.07 Å². The zero-order valence-electron chi connectivity index (χ0n) is 11.7. The lowest BCUT2D eigenvalue weighted by Crippen LogP contribution is -2.39. The molecular formula is C15H16N2O4S. The average Bonchev–Trinajstić information content (AvgIpc) is 2.56. The summed E-state index contributed by atoms with van der Waals surface area (Å²) in [5.74, 6) is -0.796. The van der Waals surface area contributed by atoms with E-state index in [1.54, 1.807) is 42.5 Å². The highest BCUT2D eigenvalue weighted by Crippen LogP contribution is 2.17. The molecule has 2 rings (SSSR count). The maximum atomic E-state index is 12.7. The molecule has 0 radical (unpaired) electrons. The van der Waals surface area contributed by atoms with Crippen molar-refractivity contribution in [2.24, 2.45) is 0 Å². The summed E-state index contributed by atoms with van der Waals surface area (Å²) >= 11 is 0. The van der Waals surface area contributed by atoms with Gasteiger partial charge >= 0.3 is 0 Å². The fourth-order valence-electron chi connectivity index (χ4n) is 1.95. The van der Waals surface area contributed by atoms with Crippen LogP contribution in [0.5, 0.6) is 0 Å². The maximum absolute atomic E-state index is 12.7. The second-order valence-electron chi connectivity index (χ2n) is 4.61. The van der Waals surface area contributed by atoms with Gasteiger partial charge in [-0.1, -0.05) is 48.5 Å². The molecular weight excluding hydrogens is 304 g/mol. The Kier molecular flexibility index (Phi) is 5.26. The van der Waals surface area contributed by atoms with E-state index in [4.69, 9.17) is 5.21 Å². The lowest BCUT2D eigenvalue weighted by Gasteiger charge is -2.21. The fourth-order valence-corrected chi connectivity index (χ4v) is 3.36. The Morgan fingerprint density at radius 1 is 1.00 bits per heavy atom. The minimum atomic E-state index is -3.84. The van der Waals surface area contributed by atoms with Crippen LogP contribution in [0.3, 0.4) is 0 Å². The number of carbonyl (C=O) groups is 1. The number of hydrogen-bond donors (Lipinski definition) is 2. The first-order valence-corrected chi connectivity index (χ1v) is 8.00. The second kappa shape index (κ2) is 7.17. The Bertz CT molecular complexity index is 718. The first-order chi connectivity index (χ1) is 10.5. The molecule has 0 atom stereocenters. The molecule has 116 valence electrons. The van der Waals surface area contributed by atoms with Crippen molar-refractivity contribution >= 4 is 15.9 Å². The summed E-state index contributed by atoms with van der Waals surface area (Å²) in [5.41, 5.74) is 2.20. The Labute approximate surface area is 129 Å². The predicted molar refractivity (Wildman–Crippen MR) is 80.4 cm³/mol. The summed E-state index contributed by atoms with van der Waals surface area (Å²) in [6.45, 7) is -0.436. The molecule has 22 heavy (non-hydrogen) atoms. The molecule has 0 saturated heterocycles. The van der Waals surface area contributed by atoms with E-state index in [1.165, 1.54) is 17.6 Å². The number of hydroxylamine groups is 1. The van der Waals surface area contributed by atoms with Crippen molar-refractivity contribution in [1.29, 1.82) is 0 Å². The van der Waals surface area contributed by atoms with Crippen molar-refractivity contribution in [2.45, 2.75) is 11.4 Å². The van der Waals surface area contributed by atoms with Crippen LogP contribution in [-0.2, 0) is 21.4 Å². The molecule has 2 N–H and O–H groups in total. The van der Waals surface area contributed by atoms with Gasteiger partial charge in [-0.05, 0) is 17.7 Å². The van der Waals surface area contributed by atoms with E-state index >= 15 is 0 Å². The Hall–Kier alpha value is -2.22. The number of nitrogens with one attached hydrogen (secondary N) is 1. The van der Waals surface area contributed by atoms with Crippen molar-refractivity contribution < 1.29 is 18.4 Å². The van der Waals surface area contributed by atoms with Crippen LogP contribution in [0.1, 0.15) is 5.56 Å². The zero-order valence-corrected chi connectivity index (χ0v) is 12.5. The van der Waals surface area contributed by atoms with Crippen LogP contribution in [-0.4, -0.2) is 30.4 Å². The Balaban J connectivity index is 2.33. The molecule has 7 heteroatoms. The highest BCUT2D eigenvalue weighted by atomic mass is 32.2. The highest BCUT2D eigenvalue weighted by Gasteiger charge is 2.26. The molecule has 2 aromatic rings. The van der Waals surface area contributed by atoms with Gasteiger partial charge in [0.1, 0.15) is 0 Å². The van der Waals surface area contributed by atoms with Crippen LogP contribution in [0.15, 0.2) is 65.6 Å². The first kappa shape index (κ1) is 16.2. The summed E-state index contributed by atoms with van der Waals surface area (Å²) in [5, 5.41) is 8.67. The number of benzene rings is 2. The van der Waals surface area contributed by atoms with E-state index in [9.17, 15) is 13.2 Å². The van der Waals surface area contributed by atoms with E-state index in [2.05, 4.69) is 0 Å². The quantitative estimate of drug-likeness (QED) is 0.622. The number of nitrogens with zero attached hydrogens (tertiary/aromatic N) is 1. The minimum Gasteiger partial charge on any atom is -0.289 e. The molecule has 0 unspecified atom stereocenters. The number of amides is 1. The van der Waals surface area contributed by atoms with Crippen LogP contribution in [0.2, 0.25) is 0 Å². The van der Waals surface area contributed by atoms with Crippen LogP contribution < -0.4 is 5.48 Å². The van der Waals surface area contributed by atoms with Gasteiger partial charge in [0, 0.05) is 6.54 Å². The molecule has 2 aromatic carbocycles. The standard InChI is InChI=1S/C15H16N2O4S/c18-15(16-19)12-17(11-13-7-3-1-4-8-13)22(20,21)14-9-5-2-6-10-14/h1-10,19H,11-12H2,(H,16,18). The van der Waals surface area contributed by atoms with Gasteiger partial charge in [-0.15, -0.1) is 0 Å². The Morgan fingerprint density at radius 2 is 1.55 bits per heavy atom. The van der Waals surface area contributed by atoms with Crippen LogP contribution in [0.25, 0.3) is 0 Å². The minimum absolute atomic E-state index is 0.0332. The van der Waals surface area contributed by atoms with Crippen molar-refractivity contribution in [3.63, 3.8) is 0 Å². The third-order valence-electron chi connectivity index (χ3n) is 3.03. The van der Waals surface area contributed by atoms with Crippen LogP contribution >= 0.6 is 0 Å². The summed E-state index contributed by atoms with van der Waals surface area (Å²) in [6.07, 6.45) is 0. The van der Waals surface area contributed by atoms with Gasteiger partial charge in [-0.3, -0.25) is 10.0 Å². The van der Waals surface area contributed by atoms with E-state index in [0.717, 1.165) is 9.87 Å². The largest absolute Gasteiger partial charge is 0.289 e. The Morgan fingerprint density at radius 3 is 2.09 bits per heavy atom. The highest BCUT2D eigenvalue weighted by molar-refractivity contribution is 7.89. The molecule has 0 aliphatic heterocycles. The molecule has 0 aliphatic rings. The maximum Gasteiger partial charge on any atom is 0.258 e. The molecule has 0 spiro atoms. The first-order valence-electron chi connectivity index (χ1n) is 6.56. The van der Waals surface area contributed by atoms with Crippen molar-refractivity contribution in [3.05, 3.63) is 66.2 Å². The normalized spacial score (nSPS) is 11.4. The fraction of sp³-hybridized carbons (Fsp3) is 0.133. The molecule has 0 bridgehead atoms. The third kappa shape index (κ3) is 3.91. The lowest BCUT2D eigenvalue weighted by molar-refractivity contribution is -0.129. The van der Waals surface area contributed by atoms with E-state index in [-0.39, 0.29) is 11.4 Å². The van der Waals surface area contributed by atoms with Gasteiger partial charge in [-0.25, -0.2) is 13.9 Å². The van der Waals surface area contributed by atoms with Gasteiger partial charge in [0.25, 0.3) is 5.91 Å². The van der Waals surface area contributed by atoms with Gasteiger partial charge in [-0.2, -0.15) is 4.31 Å². The summed E-state index contributed by atoms with van der Waals surface area (Å²) in [4.78, 5) is 11.5. The van der Waals surface area contributed by atoms with Crippen LogP contribution in [0.4, 0.5) is 0 Å². The summed E-state index contributed by atoms with van der Waals surface area (Å²) in [7, 11) is -3.84. The molecule has 0 aliphatic carbocycles. The number of hydrogen-bond acceptors (Lipinski definition) is 4. The van der Waals surface area contributed by atoms with Crippen LogP contribution in [0, 0.1) is 0 Å². The number of carbonyl (C=O) groups excluding carboxylic acids is 1. The van der Waals surface area contributed by atoms with Gasteiger partial charge in [0.05, 0.1) is 11.4 Å². The van der Waals surface area contributed by atoms with E-state index in [0.29, 0.717) is 0 Å². The smallest absolute Gasteiger partial charge is 0.258 e. The van der Waals surface area contributed by atoms with Gasteiger partial charge in [0.15, 0.2) is 0 Å². The number of rotatable bonds is 6. The van der Waals surface area contributed by atoms with Crippen molar-refractivity contribution in [3.8, 4) is 0 Å². The SMILES string of the molecule is O=C(CN(Cc1ccccc1)S(=O)(=O)c1ccccc1)NO. The van der Waals surface area contributed by atoms with Crippen molar-refractivity contribution in [2.75, 3.05) is 6.54 Å². The van der Waals surface area contributed by atoms with Crippen molar-refractivity contribution in [1.82, 2.24) is 9.79 Å². The van der Waals surface area contributed by atoms with E-state index < -0.39 is 22.5 Å². The molecule has 0 heterocycles. The third-order valence-corrected chi connectivity index (χ3v) is 4.83. The molecule has 0 fully saturated rings. The molecule has 0 saturated carbocycles. The van der Waals surface area contributed by atoms with Gasteiger partial charge in [0.2, 0.25) is 10.0 Å². The summed E-state index contributed by atoms with van der Waals surface area (Å²) in [6, 6.07) is 16.8. The predicted octanol–water partition coefficient (Wildman–Crippen LogP) is 1.38. The second-order valence-corrected chi connectivity index (χ2v) is 6.54. The van der Waals surface area contributed by atoms with Gasteiger partial charge < -0.3 is 0 Å². The lowest BCUT2D eigenvalue weighted by atomic mass is 10.2. The monoisotopic (exact) mass is 320 g/mol. The number of sulfonamides is 1. The average molecular weight is 320 g/mol. The molecule has 6 nitrogen and oxygen atoms in total. The summed E-state index contributed by atoms with van der Waals surface area (Å²) < 4.78 is 26.3. The molecule has 0 aromatic heterocycles. The molecule has 1 amide bonds. The zero-order chi connectivity index (χ0) is 16.0. The topological polar surface area (TPSA) is 86.7 Å².